The Morgan fingerprint density at radius 1 is 1.07 bits per heavy atom. The van der Waals surface area contributed by atoms with Crippen LogP contribution in [-0.2, 0) is 20.4 Å². The van der Waals surface area contributed by atoms with Gasteiger partial charge in [-0.1, -0.05) is 42.5 Å². The molecule has 2 aromatic rings. The van der Waals surface area contributed by atoms with E-state index in [1.807, 2.05) is 42.2 Å². The minimum atomic E-state index is -4.43. The van der Waals surface area contributed by atoms with Gasteiger partial charge in [-0.05, 0) is 37.1 Å². The topological polar surface area (TPSA) is 38.8 Å². The minimum absolute atomic E-state index is 0.00270. The standard InChI is InChI=1S/C22H26F3NO3/c1-4-29-21(27)15-26(16(2)17-9-6-5-7-10-17)14-20(28-3)18-11-8-12-19(13-18)22(23,24)25/h5-13,16,20H,4,14-15H2,1-3H3/t16-,20?/m0/s1. The maximum Gasteiger partial charge on any atom is 0.416 e. The van der Waals surface area contributed by atoms with Gasteiger partial charge in [0.25, 0.3) is 0 Å². The second-order valence-corrected chi connectivity index (χ2v) is 6.67. The van der Waals surface area contributed by atoms with E-state index in [1.54, 1.807) is 13.0 Å². The number of esters is 1. The van der Waals surface area contributed by atoms with Crippen LogP contribution in [0.4, 0.5) is 13.2 Å². The third kappa shape index (κ3) is 6.58. The van der Waals surface area contributed by atoms with Gasteiger partial charge >= 0.3 is 12.1 Å². The number of hydrogen-bond acceptors (Lipinski definition) is 4. The third-order valence-electron chi connectivity index (χ3n) is 4.74. The zero-order valence-electron chi connectivity index (χ0n) is 16.8. The highest BCUT2D eigenvalue weighted by Gasteiger charge is 2.31. The summed E-state index contributed by atoms with van der Waals surface area (Å²) in [7, 11) is 1.45. The molecule has 0 spiro atoms. The van der Waals surface area contributed by atoms with Crippen molar-refractivity contribution in [3.8, 4) is 0 Å². The fourth-order valence-corrected chi connectivity index (χ4v) is 3.12. The van der Waals surface area contributed by atoms with E-state index in [0.29, 0.717) is 5.56 Å². The van der Waals surface area contributed by atoms with E-state index in [-0.39, 0.29) is 25.7 Å². The monoisotopic (exact) mass is 409 g/mol. The van der Waals surface area contributed by atoms with Gasteiger partial charge in [-0.3, -0.25) is 9.69 Å². The van der Waals surface area contributed by atoms with Gasteiger partial charge in [0.15, 0.2) is 0 Å². The van der Waals surface area contributed by atoms with Gasteiger partial charge < -0.3 is 9.47 Å². The van der Waals surface area contributed by atoms with E-state index in [1.165, 1.54) is 13.2 Å². The van der Waals surface area contributed by atoms with Crippen LogP contribution in [0.5, 0.6) is 0 Å². The van der Waals surface area contributed by atoms with Crippen LogP contribution in [0.3, 0.4) is 0 Å². The van der Waals surface area contributed by atoms with E-state index >= 15 is 0 Å². The number of halogens is 3. The van der Waals surface area contributed by atoms with Crippen molar-refractivity contribution in [2.45, 2.75) is 32.2 Å². The Morgan fingerprint density at radius 2 is 1.72 bits per heavy atom. The average Bonchev–Trinajstić information content (AvgIpc) is 2.71. The van der Waals surface area contributed by atoms with Crippen LogP contribution < -0.4 is 0 Å². The molecule has 2 aromatic carbocycles. The molecule has 4 nitrogen and oxygen atoms in total. The first-order valence-corrected chi connectivity index (χ1v) is 9.40. The summed E-state index contributed by atoms with van der Waals surface area (Å²) in [6, 6.07) is 14.5. The Hall–Kier alpha value is -2.38. The number of methoxy groups -OCH3 is 1. The second-order valence-electron chi connectivity index (χ2n) is 6.67. The molecule has 0 amide bonds. The maximum atomic E-state index is 13.1. The summed E-state index contributed by atoms with van der Waals surface area (Å²) >= 11 is 0. The summed E-state index contributed by atoms with van der Waals surface area (Å²) in [5.41, 5.74) is 0.650. The molecule has 7 heteroatoms. The number of nitrogens with zero attached hydrogens (tertiary/aromatic N) is 1. The molecule has 0 bridgehead atoms. The molecule has 1 unspecified atom stereocenters. The number of carbonyl (C=O) groups is 1. The lowest BCUT2D eigenvalue weighted by atomic mass is 10.0. The molecular formula is C22H26F3NO3. The molecule has 0 aromatic heterocycles. The lowest BCUT2D eigenvalue weighted by Gasteiger charge is -2.32. The smallest absolute Gasteiger partial charge is 0.416 e. The molecule has 0 aliphatic rings. The highest BCUT2D eigenvalue weighted by molar-refractivity contribution is 5.71. The molecular weight excluding hydrogens is 383 g/mol. The van der Waals surface area contributed by atoms with Crippen molar-refractivity contribution in [3.63, 3.8) is 0 Å². The van der Waals surface area contributed by atoms with Crippen LogP contribution in [0.25, 0.3) is 0 Å². The maximum absolute atomic E-state index is 13.1. The summed E-state index contributed by atoms with van der Waals surface area (Å²) in [6.07, 6.45) is -5.08. The summed E-state index contributed by atoms with van der Waals surface area (Å²) in [4.78, 5) is 14.0. The normalized spacial score (nSPS) is 13.9. The Bertz CT molecular complexity index is 780. The predicted molar refractivity (Wildman–Crippen MR) is 104 cm³/mol. The molecule has 0 N–H and O–H groups in total. The van der Waals surface area contributed by atoms with E-state index in [0.717, 1.165) is 17.7 Å². The molecule has 0 aliphatic carbocycles. The van der Waals surface area contributed by atoms with Gasteiger partial charge in [0.05, 0.1) is 24.8 Å². The van der Waals surface area contributed by atoms with Crippen molar-refractivity contribution >= 4 is 5.97 Å². The number of benzene rings is 2. The quantitative estimate of drug-likeness (QED) is 0.545. The zero-order valence-corrected chi connectivity index (χ0v) is 16.8. The zero-order chi connectivity index (χ0) is 21.4. The fourth-order valence-electron chi connectivity index (χ4n) is 3.12. The van der Waals surface area contributed by atoms with Crippen LogP contribution in [0.2, 0.25) is 0 Å². The molecule has 0 saturated carbocycles. The first-order valence-electron chi connectivity index (χ1n) is 9.40. The Morgan fingerprint density at radius 3 is 2.31 bits per heavy atom. The molecule has 158 valence electrons. The molecule has 0 aliphatic heterocycles. The lowest BCUT2D eigenvalue weighted by molar-refractivity contribution is -0.145. The highest BCUT2D eigenvalue weighted by atomic mass is 19.4. The molecule has 0 saturated heterocycles. The van der Waals surface area contributed by atoms with E-state index in [4.69, 9.17) is 9.47 Å². The van der Waals surface area contributed by atoms with Gasteiger partial charge in [-0.25, -0.2) is 0 Å². The number of carbonyl (C=O) groups excluding carboxylic acids is 1. The molecule has 0 radical (unpaired) electrons. The van der Waals surface area contributed by atoms with Crippen molar-refractivity contribution in [1.82, 2.24) is 4.90 Å². The lowest BCUT2D eigenvalue weighted by Crippen LogP contribution is -2.37. The molecule has 0 fully saturated rings. The SMILES string of the molecule is CCOC(=O)CN(CC(OC)c1cccc(C(F)(F)F)c1)[C@@H](C)c1ccccc1. The number of hydrogen-bond donors (Lipinski definition) is 0. The van der Waals surface area contributed by atoms with E-state index in [2.05, 4.69) is 0 Å². The summed E-state index contributed by atoms with van der Waals surface area (Å²) in [5.74, 6) is -0.394. The molecule has 0 heterocycles. The van der Waals surface area contributed by atoms with Crippen LogP contribution in [-0.4, -0.2) is 37.7 Å². The predicted octanol–water partition coefficient (Wildman–Crippen LogP) is 5.02. The van der Waals surface area contributed by atoms with Crippen molar-refractivity contribution in [3.05, 3.63) is 71.3 Å². The van der Waals surface area contributed by atoms with Gasteiger partial charge in [0.1, 0.15) is 0 Å². The van der Waals surface area contributed by atoms with Crippen LogP contribution >= 0.6 is 0 Å². The van der Waals surface area contributed by atoms with Gasteiger partial charge in [-0.15, -0.1) is 0 Å². The Balaban J connectivity index is 2.28. The Labute approximate surface area is 169 Å². The number of rotatable bonds is 9. The third-order valence-corrected chi connectivity index (χ3v) is 4.74. The van der Waals surface area contributed by atoms with Crippen molar-refractivity contribution in [2.24, 2.45) is 0 Å². The molecule has 2 rings (SSSR count). The summed E-state index contributed by atoms with van der Waals surface area (Å²) in [6.45, 7) is 4.15. The fraction of sp³-hybridized carbons (Fsp3) is 0.409. The first-order chi connectivity index (χ1) is 13.8. The van der Waals surface area contributed by atoms with Gasteiger partial charge in [0, 0.05) is 19.7 Å². The van der Waals surface area contributed by atoms with Crippen molar-refractivity contribution < 1.29 is 27.4 Å². The summed E-state index contributed by atoms with van der Waals surface area (Å²) in [5, 5.41) is 0. The molecule has 29 heavy (non-hydrogen) atoms. The van der Waals surface area contributed by atoms with Crippen LogP contribution in [0.15, 0.2) is 54.6 Å². The largest absolute Gasteiger partial charge is 0.465 e. The van der Waals surface area contributed by atoms with Crippen LogP contribution in [0.1, 0.15) is 42.7 Å². The Kier molecular flexibility index (Phi) is 8.22. The van der Waals surface area contributed by atoms with E-state index in [9.17, 15) is 18.0 Å². The van der Waals surface area contributed by atoms with Crippen molar-refractivity contribution in [1.29, 1.82) is 0 Å². The number of alkyl halides is 3. The average molecular weight is 409 g/mol. The van der Waals surface area contributed by atoms with Gasteiger partial charge in [-0.2, -0.15) is 13.2 Å². The molecule has 2 atom stereocenters. The first kappa shape index (κ1) is 22.9. The van der Waals surface area contributed by atoms with E-state index < -0.39 is 23.8 Å². The number of ether oxygens (including phenoxy) is 2. The van der Waals surface area contributed by atoms with Gasteiger partial charge in [0.2, 0.25) is 0 Å². The summed E-state index contributed by atoms with van der Waals surface area (Å²) < 4.78 is 49.8. The highest BCUT2D eigenvalue weighted by Crippen LogP contribution is 2.32. The second kappa shape index (κ2) is 10.4. The minimum Gasteiger partial charge on any atom is -0.465 e. The van der Waals surface area contributed by atoms with Crippen molar-refractivity contribution in [2.75, 3.05) is 26.8 Å². The van der Waals surface area contributed by atoms with Crippen LogP contribution in [0, 0.1) is 0 Å².